The highest BCUT2D eigenvalue weighted by Crippen LogP contribution is 2.30. The molecule has 1 aliphatic carbocycles. The minimum Gasteiger partial charge on any atom is -0.446 e. The maximum Gasteiger partial charge on any atom is 0.407 e. The number of aromatic nitrogens is 2. The minimum absolute atomic E-state index is 0.0450. The van der Waals surface area contributed by atoms with Crippen molar-refractivity contribution in [1.82, 2.24) is 31.2 Å². The SMILES string of the molecule is C=C[C@@H](C[C@H](O)[C@H](CC1CCCCC1)NC(=O)[C@H](Cc1cnc[nH]1)NC(=O)[C@@](C)(NC(=O)CNC(=O)OCCOC(N)=O)c1ccccc1)C(C)C. The van der Waals surface area contributed by atoms with Gasteiger partial charge in [-0.1, -0.05) is 82.4 Å². The van der Waals surface area contributed by atoms with Crippen molar-refractivity contribution < 1.29 is 38.6 Å². The van der Waals surface area contributed by atoms with Gasteiger partial charge in [-0.2, -0.15) is 0 Å². The highest BCUT2D eigenvalue weighted by atomic mass is 16.6. The largest absolute Gasteiger partial charge is 0.446 e. The number of aromatic amines is 1. The van der Waals surface area contributed by atoms with Gasteiger partial charge in [-0.3, -0.25) is 14.4 Å². The predicted molar refractivity (Wildman–Crippen MR) is 193 cm³/mol. The summed E-state index contributed by atoms with van der Waals surface area (Å²) in [6.07, 6.45) is 8.56. The molecule has 5 amide bonds. The molecule has 52 heavy (non-hydrogen) atoms. The molecule has 15 nitrogen and oxygen atoms in total. The Bertz CT molecular complexity index is 1450. The Kier molecular flexibility index (Phi) is 16.6. The number of H-pyrrole nitrogens is 1. The molecule has 1 aromatic carbocycles. The number of ether oxygens (including phenoxy) is 2. The van der Waals surface area contributed by atoms with Crippen molar-refractivity contribution in [1.29, 1.82) is 0 Å². The Balaban J connectivity index is 1.81. The van der Waals surface area contributed by atoms with Gasteiger partial charge in [0.25, 0.3) is 5.91 Å². The number of carbonyl (C=O) groups is 5. The fourth-order valence-electron chi connectivity index (χ4n) is 6.42. The lowest BCUT2D eigenvalue weighted by atomic mass is 9.81. The highest BCUT2D eigenvalue weighted by Gasteiger charge is 2.40. The summed E-state index contributed by atoms with van der Waals surface area (Å²) in [4.78, 5) is 71.4. The van der Waals surface area contributed by atoms with Gasteiger partial charge in [0, 0.05) is 18.3 Å². The molecule has 0 bridgehead atoms. The van der Waals surface area contributed by atoms with Gasteiger partial charge in [-0.15, -0.1) is 6.58 Å². The summed E-state index contributed by atoms with van der Waals surface area (Å²) in [5.41, 5.74) is 4.19. The van der Waals surface area contributed by atoms with Gasteiger partial charge >= 0.3 is 12.2 Å². The number of alkyl carbamates (subject to hydrolysis) is 1. The van der Waals surface area contributed by atoms with E-state index < -0.39 is 60.2 Å². The number of rotatable bonds is 20. The number of hydrogen-bond acceptors (Lipinski definition) is 9. The second kappa shape index (κ2) is 20.8. The summed E-state index contributed by atoms with van der Waals surface area (Å²) in [5, 5.41) is 22.4. The summed E-state index contributed by atoms with van der Waals surface area (Å²) >= 11 is 0. The van der Waals surface area contributed by atoms with Gasteiger partial charge in [0.1, 0.15) is 31.3 Å². The van der Waals surface area contributed by atoms with Crippen LogP contribution in [-0.2, 0) is 35.8 Å². The molecule has 5 atom stereocenters. The van der Waals surface area contributed by atoms with Crippen molar-refractivity contribution in [2.24, 2.45) is 23.5 Å². The summed E-state index contributed by atoms with van der Waals surface area (Å²) < 4.78 is 9.35. The standard InChI is InChI=1S/C37H55N7O8/c1-5-26(24(2)3)19-31(45)29(18-25-12-8-6-9-13-25)42-33(47)30(20-28-21-39-23-41-28)43-34(48)37(4,27-14-10-7-11-15-27)44-32(46)22-40-36(50)52-17-16-51-35(38)49/h5,7,10-11,14-15,21,23-26,29-31,45H,1,6,8-9,12-13,16-20,22H2,2-4H3,(H2,38,49)(H,39,41)(H,40,50)(H,42,47)(H,43,48)(H,44,46)/t26-,29-,30-,31-,37-/m0/s1. The molecule has 8 N–H and O–H groups in total. The molecule has 0 spiro atoms. The number of primary amides is 1. The smallest absolute Gasteiger partial charge is 0.407 e. The Morgan fingerprint density at radius 1 is 1.08 bits per heavy atom. The van der Waals surface area contributed by atoms with Gasteiger partial charge in [0.2, 0.25) is 11.8 Å². The molecule has 1 aromatic heterocycles. The van der Waals surface area contributed by atoms with Crippen LogP contribution in [0.1, 0.15) is 77.0 Å². The van der Waals surface area contributed by atoms with Crippen molar-refractivity contribution >= 4 is 29.9 Å². The summed E-state index contributed by atoms with van der Waals surface area (Å²) in [6, 6.07) is 6.80. The van der Waals surface area contributed by atoms with E-state index in [9.17, 15) is 29.1 Å². The molecule has 286 valence electrons. The summed E-state index contributed by atoms with van der Waals surface area (Å²) in [7, 11) is 0. The first-order chi connectivity index (χ1) is 24.8. The number of nitrogens with one attached hydrogen (secondary N) is 5. The Morgan fingerprint density at radius 2 is 1.77 bits per heavy atom. The highest BCUT2D eigenvalue weighted by molar-refractivity contribution is 5.96. The van der Waals surface area contributed by atoms with E-state index >= 15 is 0 Å². The van der Waals surface area contributed by atoms with Crippen LogP contribution in [-0.4, -0.2) is 82.9 Å². The monoisotopic (exact) mass is 725 g/mol. The number of allylic oxidation sites excluding steroid dienone is 1. The molecule has 0 unspecified atom stereocenters. The number of aliphatic hydroxyl groups excluding tert-OH is 1. The number of aliphatic hydroxyl groups is 1. The predicted octanol–water partition coefficient (Wildman–Crippen LogP) is 2.95. The first kappa shape index (κ1) is 41.5. The van der Waals surface area contributed by atoms with Crippen molar-refractivity contribution in [3.63, 3.8) is 0 Å². The first-order valence-electron chi connectivity index (χ1n) is 17.9. The fourth-order valence-corrected chi connectivity index (χ4v) is 6.42. The number of carbonyl (C=O) groups excluding carboxylic acids is 5. The average molecular weight is 726 g/mol. The minimum atomic E-state index is -1.69. The molecule has 1 aliphatic rings. The number of benzene rings is 1. The Morgan fingerprint density at radius 3 is 2.38 bits per heavy atom. The van der Waals surface area contributed by atoms with Crippen LogP contribution >= 0.6 is 0 Å². The third kappa shape index (κ3) is 13.3. The second-order valence-electron chi connectivity index (χ2n) is 13.8. The Labute approximate surface area is 305 Å². The van der Waals surface area contributed by atoms with Gasteiger partial charge in [0.15, 0.2) is 0 Å². The van der Waals surface area contributed by atoms with E-state index in [2.05, 4.69) is 56.4 Å². The zero-order valence-electron chi connectivity index (χ0n) is 30.4. The lowest BCUT2D eigenvalue weighted by molar-refractivity contribution is -0.136. The van der Waals surface area contributed by atoms with Crippen LogP contribution in [0.25, 0.3) is 0 Å². The van der Waals surface area contributed by atoms with Crippen molar-refractivity contribution in [2.45, 2.75) is 95.9 Å². The second-order valence-corrected chi connectivity index (χ2v) is 13.8. The molecule has 0 radical (unpaired) electrons. The topological polar surface area (TPSA) is 227 Å². The van der Waals surface area contributed by atoms with E-state index in [4.69, 9.17) is 10.5 Å². The number of imidazole rings is 1. The molecule has 1 fully saturated rings. The van der Waals surface area contributed by atoms with Gasteiger partial charge in [0.05, 0.1) is 18.5 Å². The molecule has 2 aromatic rings. The van der Waals surface area contributed by atoms with Crippen LogP contribution in [0.3, 0.4) is 0 Å². The number of nitrogens with zero attached hydrogens (tertiary/aromatic N) is 1. The maximum atomic E-state index is 14.3. The van der Waals surface area contributed by atoms with Gasteiger partial charge < -0.3 is 46.6 Å². The molecule has 1 heterocycles. The molecular weight excluding hydrogens is 670 g/mol. The summed E-state index contributed by atoms with van der Waals surface area (Å²) in [6.45, 7) is 8.49. The molecule has 3 rings (SSSR count). The molecule has 0 aliphatic heterocycles. The van der Waals surface area contributed by atoms with Crippen LogP contribution in [0.4, 0.5) is 9.59 Å². The van der Waals surface area contributed by atoms with E-state index in [1.807, 2.05) is 6.08 Å². The van der Waals surface area contributed by atoms with E-state index in [1.54, 1.807) is 36.5 Å². The average Bonchev–Trinajstić information content (AvgIpc) is 3.64. The lowest BCUT2D eigenvalue weighted by Gasteiger charge is -2.34. The van der Waals surface area contributed by atoms with Gasteiger partial charge in [-0.25, -0.2) is 14.6 Å². The summed E-state index contributed by atoms with van der Waals surface area (Å²) in [5.74, 6) is -1.26. The fraction of sp³-hybridized carbons (Fsp3) is 0.568. The van der Waals surface area contributed by atoms with Crippen molar-refractivity contribution in [3.05, 3.63) is 66.8 Å². The van der Waals surface area contributed by atoms with E-state index in [0.29, 0.717) is 30.0 Å². The molecule has 0 saturated heterocycles. The zero-order chi connectivity index (χ0) is 38.1. The maximum absolute atomic E-state index is 14.3. The number of nitrogens with two attached hydrogens (primary N) is 1. The van der Waals surface area contributed by atoms with Crippen molar-refractivity contribution in [2.75, 3.05) is 19.8 Å². The zero-order valence-corrected chi connectivity index (χ0v) is 30.4. The van der Waals surface area contributed by atoms with Crippen LogP contribution in [0.5, 0.6) is 0 Å². The molecular formula is C37H55N7O8. The normalized spacial score (nSPS) is 16.6. The third-order valence-electron chi connectivity index (χ3n) is 9.53. The lowest BCUT2D eigenvalue weighted by Crippen LogP contribution is -2.61. The van der Waals surface area contributed by atoms with E-state index in [0.717, 1.165) is 25.7 Å². The van der Waals surface area contributed by atoms with Crippen LogP contribution < -0.4 is 27.0 Å². The van der Waals surface area contributed by atoms with Crippen LogP contribution in [0, 0.1) is 17.8 Å². The molecule has 1 saturated carbocycles. The molecule has 15 heteroatoms. The number of amides is 5. The third-order valence-corrected chi connectivity index (χ3v) is 9.53. The number of hydrogen-bond donors (Lipinski definition) is 7. The van der Waals surface area contributed by atoms with E-state index in [1.165, 1.54) is 19.7 Å². The quantitative estimate of drug-likeness (QED) is 0.0786. The van der Waals surface area contributed by atoms with Crippen molar-refractivity contribution in [3.8, 4) is 0 Å². The van der Waals surface area contributed by atoms with E-state index in [-0.39, 0.29) is 31.5 Å². The van der Waals surface area contributed by atoms with Crippen LogP contribution in [0.15, 0.2) is 55.5 Å². The Hall–Kier alpha value is -4.92. The van der Waals surface area contributed by atoms with Gasteiger partial charge in [-0.05, 0) is 43.1 Å². The van der Waals surface area contributed by atoms with Crippen LogP contribution in [0.2, 0.25) is 0 Å². The first-order valence-corrected chi connectivity index (χ1v) is 17.9.